The zero-order chi connectivity index (χ0) is 11.5. The van der Waals surface area contributed by atoms with Gasteiger partial charge >= 0.3 is 0 Å². The predicted octanol–water partition coefficient (Wildman–Crippen LogP) is 2.13. The Hall–Kier alpha value is -1.69. The number of aryl methyl sites for hydroxylation is 1. The van der Waals surface area contributed by atoms with E-state index in [0.717, 1.165) is 10.2 Å². The van der Waals surface area contributed by atoms with Crippen molar-refractivity contribution in [3.05, 3.63) is 40.3 Å². The molecule has 0 aliphatic carbocycles. The van der Waals surface area contributed by atoms with Gasteiger partial charge in [-0.1, -0.05) is 0 Å². The second-order valence-corrected chi connectivity index (χ2v) is 4.04. The van der Waals surface area contributed by atoms with Crippen molar-refractivity contribution < 1.29 is 4.79 Å². The van der Waals surface area contributed by atoms with Crippen LogP contribution in [0, 0.1) is 6.92 Å². The maximum atomic E-state index is 11.6. The molecule has 0 fully saturated rings. The van der Waals surface area contributed by atoms with E-state index in [1.165, 1.54) is 6.20 Å². The molecule has 2 heterocycles. The highest BCUT2D eigenvalue weighted by molar-refractivity contribution is 9.10. The van der Waals surface area contributed by atoms with Crippen molar-refractivity contribution in [1.82, 2.24) is 15.2 Å². The first-order valence-corrected chi connectivity index (χ1v) is 5.40. The summed E-state index contributed by atoms with van der Waals surface area (Å²) in [5, 5.41) is 8.96. The first-order valence-electron chi connectivity index (χ1n) is 4.60. The van der Waals surface area contributed by atoms with Crippen LogP contribution < -0.4 is 5.32 Å². The quantitative estimate of drug-likeness (QED) is 0.885. The summed E-state index contributed by atoms with van der Waals surface area (Å²) in [5.41, 5.74) is 1.23. The molecule has 6 heteroatoms. The molecule has 0 saturated heterocycles. The summed E-state index contributed by atoms with van der Waals surface area (Å²) >= 11 is 3.34. The van der Waals surface area contributed by atoms with E-state index in [4.69, 9.17) is 0 Å². The number of nitrogens with one attached hydrogen (secondary N) is 2. The number of halogens is 1. The molecule has 2 aromatic heterocycles. The van der Waals surface area contributed by atoms with Crippen LogP contribution in [0.1, 0.15) is 16.2 Å². The third-order valence-corrected chi connectivity index (χ3v) is 2.85. The van der Waals surface area contributed by atoms with Gasteiger partial charge < -0.3 is 5.32 Å². The lowest BCUT2D eigenvalue weighted by Crippen LogP contribution is -2.13. The SMILES string of the molecule is Cc1nc(NC(=O)c2ccn[nH]2)ccc1Br. The normalized spacial score (nSPS) is 10.1. The van der Waals surface area contributed by atoms with Gasteiger partial charge in [0.05, 0.1) is 5.69 Å². The largest absolute Gasteiger partial charge is 0.305 e. The molecular formula is C10H9BrN4O. The van der Waals surface area contributed by atoms with E-state index in [-0.39, 0.29) is 5.91 Å². The molecule has 2 N–H and O–H groups in total. The fourth-order valence-corrected chi connectivity index (χ4v) is 1.40. The Morgan fingerprint density at radius 2 is 2.25 bits per heavy atom. The fraction of sp³-hybridized carbons (Fsp3) is 0.100. The van der Waals surface area contributed by atoms with Crippen LogP contribution in [0.5, 0.6) is 0 Å². The standard InChI is InChI=1S/C10H9BrN4O/c1-6-7(11)2-3-9(13-6)14-10(16)8-4-5-12-15-8/h2-5H,1H3,(H,12,15)(H,13,14,16). The third-order valence-electron chi connectivity index (χ3n) is 2.01. The molecule has 0 aliphatic heterocycles. The minimum Gasteiger partial charge on any atom is -0.305 e. The molecule has 2 aromatic rings. The second-order valence-electron chi connectivity index (χ2n) is 3.19. The van der Waals surface area contributed by atoms with Gasteiger partial charge in [-0.2, -0.15) is 5.10 Å². The molecule has 0 bridgehead atoms. The Bertz CT molecular complexity index is 510. The lowest BCUT2D eigenvalue weighted by atomic mass is 10.3. The van der Waals surface area contributed by atoms with Gasteiger partial charge in [0.2, 0.25) is 0 Å². The second kappa shape index (κ2) is 4.44. The highest BCUT2D eigenvalue weighted by atomic mass is 79.9. The molecule has 16 heavy (non-hydrogen) atoms. The molecule has 0 saturated carbocycles. The fourth-order valence-electron chi connectivity index (χ4n) is 1.18. The summed E-state index contributed by atoms with van der Waals surface area (Å²) in [4.78, 5) is 15.8. The molecule has 0 atom stereocenters. The van der Waals surface area contributed by atoms with Crippen LogP contribution in [-0.2, 0) is 0 Å². The number of aromatic nitrogens is 3. The van der Waals surface area contributed by atoms with Crippen LogP contribution >= 0.6 is 15.9 Å². The first kappa shape index (κ1) is 10.8. The molecule has 0 radical (unpaired) electrons. The van der Waals surface area contributed by atoms with Gasteiger partial charge in [0.25, 0.3) is 5.91 Å². The summed E-state index contributed by atoms with van der Waals surface area (Å²) in [6, 6.07) is 5.16. The number of hydrogen-bond donors (Lipinski definition) is 2. The van der Waals surface area contributed by atoms with Crippen molar-refractivity contribution in [2.24, 2.45) is 0 Å². The zero-order valence-corrected chi connectivity index (χ0v) is 10.1. The number of H-pyrrole nitrogens is 1. The Morgan fingerprint density at radius 3 is 2.88 bits per heavy atom. The minimum absolute atomic E-state index is 0.258. The van der Waals surface area contributed by atoms with Crippen molar-refractivity contribution in [2.45, 2.75) is 6.92 Å². The molecule has 1 amide bonds. The van der Waals surface area contributed by atoms with Gasteiger partial charge in [-0.25, -0.2) is 4.98 Å². The van der Waals surface area contributed by atoms with Crippen LogP contribution in [0.3, 0.4) is 0 Å². The van der Waals surface area contributed by atoms with E-state index in [1.807, 2.05) is 13.0 Å². The van der Waals surface area contributed by atoms with E-state index in [9.17, 15) is 4.79 Å². The van der Waals surface area contributed by atoms with E-state index in [2.05, 4.69) is 36.4 Å². The number of nitrogens with zero attached hydrogens (tertiary/aromatic N) is 2. The van der Waals surface area contributed by atoms with E-state index >= 15 is 0 Å². The minimum atomic E-state index is -0.258. The Morgan fingerprint density at radius 1 is 1.44 bits per heavy atom. The smallest absolute Gasteiger partial charge is 0.274 e. The van der Waals surface area contributed by atoms with Crippen LogP contribution in [-0.4, -0.2) is 21.1 Å². The van der Waals surface area contributed by atoms with Gasteiger partial charge in [-0.15, -0.1) is 0 Å². The molecule has 0 unspecified atom stereocenters. The summed E-state index contributed by atoms with van der Waals surface area (Å²) in [6.45, 7) is 1.86. The monoisotopic (exact) mass is 280 g/mol. The number of carbonyl (C=O) groups excluding carboxylic acids is 1. The van der Waals surface area contributed by atoms with E-state index in [0.29, 0.717) is 11.5 Å². The van der Waals surface area contributed by atoms with Gasteiger partial charge in [0, 0.05) is 10.7 Å². The topological polar surface area (TPSA) is 70.7 Å². The molecule has 0 aliphatic rings. The van der Waals surface area contributed by atoms with E-state index in [1.54, 1.807) is 12.1 Å². The lowest BCUT2D eigenvalue weighted by Gasteiger charge is -2.04. The summed E-state index contributed by atoms with van der Waals surface area (Å²) < 4.78 is 0.909. The number of hydrogen-bond acceptors (Lipinski definition) is 3. The number of amides is 1. The van der Waals surface area contributed by atoms with Crippen molar-refractivity contribution in [2.75, 3.05) is 5.32 Å². The van der Waals surface area contributed by atoms with Crippen molar-refractivity contribution >= 4 is 27.7 Å². The maximum Gasteiger partial charge on any atom is 0.274 e. The van der Waals surface area contributed by atoms with E-state index < -0.39 is 0 Å². The summed E-state index contributed by atoms with van der Waals surface area (Å²) in [7, 11) is 0. The Labute approximate surface area is 100 Å². The summed E-state index contributed by atoms with van der Waals surface area (Å²) in [5.74, 6) is 0.257. The molecule has 5 nitrogen and oxygen atoms in total. The predicted molar refractivity (Wildman–Crippen MR) is 63.2 cm³/mol. The van der Waals surface area contributed by atoms with Crippen LogP contribution in [0.4, 0.5) is 5.82 Å². The lowest BCUT2D eigenvalue weighted by molar-refractivity contribution is 0.102. The van der Waals surface area contributed by atoms with Crippen molar-refractivity contribution in [3.8, 4) is 0 Å². The maximum absolute atomic E-state index is 11.6. The van der Waals surface area contributed by atoms with Gasteiger partial charge in [-0.05, 0) is 41.1 Å². The highest BCUT2D eigenvalue weighted by Gasteiger charge is 2.08. The van der Waals surface area contributed by atoms with Crippen LogP contribution in [0.2, 0.25) is 0 Å². The van der Waals surface area contributed by atoms with Gasteiger partial charge in [0.1, 0.15) is 11.5 Å². The number of carbonyl (C=O) groups is 1. The average Bonchev–Trinajstić information content (AvgIpc) is 2.77. The first-order chi connectivity index (χ1) is 7.66. The van der Waals surface area contributed by atoms with Gasteiger partial charge in [-0.3, -0.25) is 9.89 Å². The number of pyridine rings is 1. The van der Waals surface area contributed by atoms with Gasteiger partial charge in [0.15, 0.2) is 0 Å². The Kier molecular flexibility index (Phi) is 3.00. The van der Waals surface area contributed by atoms with Crippen LogP contribution in [0.25, 0.3) is 0 Å². The molecule has 0 spiro atoms. The average molecular weight is 281 g/mol. The zero-order valence-electron chi connectivity index (χ0n) is 8.49. The van der Waals surface area contributed by atoms with Crippen LogP contribution in [0.15, 0.2) is 28.9 Å². The molecule has 0 aromatic carbocycles. The molecule has 82 valence electrons. The van der Waals surface area contributed by atoms with Crippen molar-refractivity contribution in [1.29, 1.82) is 0 Å². The molecule has 2 rings (SSSR count). The summed E-state index contributed by atoms with van der Waals surface area (Å²) in [6.07, 6.45) is 1.52. The number of rotatable bonds is 2. The van der Waals surface area contributed by atoms with Crippen molar-refractivity contribution in [3.63, 3.8) is 0 Å². The number of anilines is 1. The number of aromatic amines is 1. The Balaban J connectivity index is 2.15. The molecular weight excluding hydrogens is 272 g/mol. The highest BCUT2D eigenvalue weighted by Crippen LogP contribution is 2.16. The third kappa shape index (κ3) is 2.27.